The van der Waals surface area contributed by atoms with Crippen LogP contribution in [0.25, 0.3) is 10.9 Å². The summed E-state index contributed by atoms with van der Waals surface area (Å²) in [5.41, 5.74) is 2.75. The van der Waals surface area contributed by atoms with Crippen LogP contribution in [-0.2, 0) is 0 Å². The molecule has 2 N–H and O–H groups in total. The second kappa shape index (κ2) is 12.0. The average Bonchev–Trinajstić information content (AvgIpc) is 3.32. The highest BCUT2D eigenvalue weighted by Gasteiger charge is 2.19. The van der Waals surface area contributed by atoms with Gasteiger partial charge in [0.05, 0.1) is 15.7 Å². The lowest BCUT2D eigenvalue weighted by molar-refractivity contribution is 0.0923. The molecule has 1 amide bonds. The maximum atomic E-state index is 12.1. The molecule has 2 fully saturated rings. The lowest BCUT2D eigenvalue weighted by Gasteiger charge is -2.36. The number of anilines is 1. The van der Waals surface area contributed by atoms with E-state index in [-0.39, 0.29) is 5.91 Å². The average molecular weight is 502 g/mol. The summed E-state index contributed by atoms with van der Waals surface area (Å²) in [6, 6.07) is 16.1. The number of aromatic amines is 1. The second-order valence-electron chi connectivity index (χ2n) is 9.07. The van der Waals surface area contributed by atoms with Crippen molar-refractivity contribution in [2.24, 2.45) is 0 Å². The monoisotopic (exact) mass is 500 g/mol. The molecule has 34 heavy (non-hydrogen) atoms. The van der Waals surface area contributed by atoms with Gasteiger partial charge in [0.25, 0.3) is 5.91 Å². The smallest absolute Gasteiger partial charge is 0.267 e. The van der Waals surface area contributed by atoms with Crippen LogP contribution in [0.1, 0.15) is 49.5 Å². The van der Waals surface area contributed by atoms with Crippen molar-refractivity contribution in [2.45, 2.75) is 45.1 Å². The largest absolute Gasteiger partial charge is 0.368 e. The van der Waals surface area contributed by atoms with Crippen molar-refractivity contribution >= 4 is 45.7 Å². The first-order chi connectivity index (χ1) is 16.5. The molecule has 182 valence electrons. The van der Waals surface area contributed by atoms with Gasteiger partial charge in [-0.05, 0) is 43.7 Å². The Labute approximate surface area is 212 Å². The first kappa shape index (κ1) is 24.9. The first-order valence-electron chi connectivity index (χ1n) is 12.3. The normalized spacial score (nSPS) is 17.3. The van der Waals surface area contributed by atoms with Crippen molar-refractivity contribution in [2.75, 3.05) is 37.6 Å². The summed E-state index contributed by atoms with van der Waals surface area (Å²) >= 11 is 12.2. The maximum Gasteiger partial charge on any atom is 0.267 e. The molecule has 0 atom stereocenters. The summed E-state index contributed by atoms with van der Waals surface area (Å²) in [5, 5.41) is 5.53. The van der Waals surface area contributed by atoms with Crippen LogP contribution in [0.4, 0.5) is 5.69 Å². The van der Waals surface area contributed by atoms with E-state index >= 15 is 0 Å². The molecule has 1 aromatic heterocycles. The van der Waals surface area contributed by atoms with Crippen LogP contribution in [0.2, 0.25) is 10.0 Å². The molecular formula is C27H34Cl2N4O. The summed E-state index contributed by atoms with van der Waals surface area (Å²) in [5.74, 6) is 0.0260. The number of amides is 1. The molecule has 2 aromatic carbocycles. The van der Waals surface area contributed by atoms with Crippen molar-refractivity contribution in [3.63, 3.8) is 0 Å². The van der Waals surface area contributed by atoms with E-state index in [2.05, 4.69) is 27.0 Å². The van der Waals surface area contributed by atoms with E-state index < -0.39 is 0 Å². The molecule has 1 saturated carbocycles. The summed E-state index contributed by atoms with van der Waals surface area (Å²) < 4.78 is 0. The molecule has 3 aromatic rings. The molecule has 5 rings (SSSR count). The molecule has 0 spiro atoms. The van der Waals surface area contributed by atoms with Gasteiger partial charge < -0.3 is 20.1 Å². The Morgan fingerprint density at radius 3 is 2.44 bits per heavy atom. The van der Waals surface area contributed by atoms with Gasteiger partial charge in [0, 0.05) is 43.1 Å². The minimum Gasteiger partial charge on any atom is -0.368 e. The van der Waals surface area contributed by atoms with Crippen molar-refractivity contribution in [1.82, 2.24) is 15.2 Å². The molecule has 1 aliphatic heterocycles. The number of nitrogens with zero attached hydrogens (tertiary/aromatic N) is 2. The molecule has 5 nitrogen and oxygen atoms in total. The lowest BCUT2D eigenvalue weighted by atomic mass is 9.95. The third-order valence-electron chi connectivity index (χ3n) is 6.81. The van der Waals surface area contributed by atoms with Gasteiger partial charge >= 0.3 is 0 Å². The van der Waals surface area contributed by atoms with Gasteiger partial charge in [-0.2, -0.15) is 0 Å². The van der Waals surface area contributed by atoms with Crippen LogP contribution >= 0.6 is 23.2 Å². The number of hydrogen-bond donors (Lipinski definition) is 2. The van der Waals surface area contributed by atoms with Crippen molar-refractivity contribution < 1.29 is 4.79 Å². The van der Waals surface area contributed by atoms with Gasteiger partial charge in [-0.1, -0.05) is 73.7 Å². The molecule has 1 aliphatic carbocycles. The number of rotatable bonds is 4. The molecular weight excluding hydrogens is 467 g/mol. The fourth-order valence-corrected chi connectivity index (χ4v) is 5.16. The predicted octanol–water partition coefficient (Wildman–Crippen LogP) is 6.37. The zero-order valence-corrected chi connectivity index (χ0v) is 21.3. The van der Waals surface area contributed by atoms with Crippen LogP contribution in [0.5, 0.6) is 0 Å². The Morgan fingerprint density at radius 1 is 1.00 bits per heavy atom. The lowest BCUT2D eigenvalue weighted by Crippen LogP contribution is -2.46. The van der Waals surface area contributed by atoms with Crippen molar-refractivity contribution in [3.8, 4) is 0 Å². The molecule has 7 heteroatoms. The van der Waals surface area contributed by atoms with Crippen LogP contribution in [0.3, 0.4) is 0 Å². The van der Waals surface area contributed by atoms with Crippen molar-refractivity contribution in [3.05, 3.63) is 64.3 Å². The molecule has 2 aliphatic rings. The van der Waals surface area contributed by atoms with Crippen LogP contribution in [0, 0.1) is 0 Å². The minimum atomic E-state index is 0.0260. The van der Waals surface area contributed by atoms with Gasteiger partial charge in [0.1, 0.15) is 5.69 Å². The van der Waals surface area contributed by atoms with E-state index in [1.807, 2.05) is 48.5 Å². The summed E-state index contributed by atoms with van der Waals surface area (Å²) in [7, 11) is 0. The van der Waals surface area contributed by atoms with Gasteiger partial charge in [-0.3, -0.25) is 4.79 Å². The number of H-pyrrole nitrogens is 1. The summed E-state index contributed by atoms with van der Waals surface area (Å²) in [6.45, 7) is 7.56. The fourth-order valence-electron chi connectivity index (χ4n) is 4.75. The number of carbonyl (C=O) groups is 1. The number of likely N-dealkylation sites (N-methyl/N-ethyl adjacent to an activating group) is 1. The first-order valence-corrected chi connectivity index (χ1v) is 13.1. The quantitative estimate of drug-likeness (QED) is 0.437. The second-order valence-corrected chi connectivity index (χ2v) is 9.86. The van der Waals surface area contributed by atoms with Gasteiger partial charge in [0.15, 0.2) is 0 Å². The number of piperazine rings is 1. The molecule has 1 saturated heterocycles. The van der Waals surface area contributed by atoms with Gasteiger partial charge in [0.2, 0.25) is 0 Å². The van der Waals surface area contributed by atoms with Crippen LogP contribution < -0.4 is 10.2 Å². The van der Waals surface area contributed by atoms with E-state index in [0.29, 0.717) is 21.8 Å². The van der Waals surface area contributed by atoms with Gasteiger partial charge in [-0.15, -0.1) is 0 Å². The number of fused-ring (bicyclic) bond motifs is 1. The number of hydrogen-bond acceptors (Lipinski definition) is 3. The highest BCUT2D eigenvalue weighted by Crippen LogP contribution is 2.32. The van der Waals surface area contributed by atoms with E-state index in [0.717, 1.165) is 62.2 Å². The van der Waals surface area contributed by atoms with E-state index in [1.54, 1.807) is 0 Å². The number of para-hydroxylation sites is 1. The molecule has 0 bridgehead atoms. The number of benzene rings is 2. The number of nitrogens with one attached hydrogen (secondary N) is 2. The summed E-state index contributed by atoms with van der Waals surface area (Å²) in [6.07, 6.45) is 6.01. The molecule has 2 heterocycles. The molecule has 0 radical (unpaired) electrons. The highest BCUT2D eigenvalue weighted by atomic mass is 35.5. The SMILES string of the molecule is CCN1CCN(c2cccc(Cl)c2Cl)CC1.O=C(NC1CCCCC1)c1cc2ccccc2[nH]1. The Balaban J connectivity index is 0.000000162. The Kier molecular flexibility index (Phi) is 8.76. The summed E-state index contributed by atoms with van der Waals surface area (Å²) in [4.78, 5) is 20.1. The third kappa shape index (κ3) is 6.26. The Hall–Kier alpha value is -2.21. The predicted molar refractivity (Wildman–Crippen MR) is 143 cm³/mol. The highest BCUT2D eigenvalue weighted by molar-refractivity contribution is 6.43. The maximum absolute atomic E-state index is 12.1. The Bertz CT molecular complexity index is 1050. The van der Waals surface area contributed by atoms with E-state index in [4.69, 9.17) is 23.2 Å². The minimum absolute atomic E-state index is 0.0260. The van der Waals surface area contributed by atoms with Gasteiger partial charge in [-0.25, -0.2) is 0 Å². The number of halogens is 2. The van der Waals surface area contributed by atoms with Crippen LogP contribution in [0.15, 0.2) is 48.5 Å². The number of aromatic nitrogens is 1. The topological polar surface area (TPSA) is 51.4 Å². The molecule has 0 unspecified atom stereocenters. The van der Waals surface area contributed by atoms with Crippen molar-refractivity contribution in [1.29, 1.82) is 0 Å². The Morgan fingerprint density at radius 2 is 1.74 bits per heavy atom. The number of carbonyl (C=O) groups excluding carboxylic acids is 1. The fraction of sp³-hybridized carbons (Fsp3) is 0.444. The standard InChI is InChI=1S/C15H18N2O.C12H16Cl2N2/c18-15(16-12-7-2-1-3-8-12)14-10-11-6-4-5-9-13(11)17-14;1-2-15-6-8-16(9-7-15)11-5-3-4-10(13)12(11)14/h4-6,9-10,12,17H,1-3,7-8H2,(H,16,18);3-5H,2,6-9H2,1H3. The zero-order chi connectivity index (χ0) is 23.9. The van der Waals surface area contributed by atoms with E-state index in [1.165, 1.54) is 19.3 Å². The zero-order valence-electron chi connectivity index (χ0n) is 19.8. The third-order valence-corrected chi connectivity index (χ3v) is 7.62. The van der Waals surface area contributed by atoms with E-state index in [9.17, 15) is 4.79 Å². The van der Waals surface area contributed by atoms with Crippen LogP contribution in [-0.4, -0.2) is 54.6 Å².